The van der Waals surface area contributed by atoms with Gasteiger partial charge in [-0.05, 0) is 93.1 Å². The lowest BCUT2D eigenvalue weighted by Crippen LogP contribution is -2.54. The van der Waals surface area contributed by atoms with Gasteiger partial charge in [-0.1, -0.05) is 24.3 Å². The van der Waals surface area contributed by atoms with E-state index < -0.39 is 11.3 Å². The zero-order valence-corrected chi connectivity index (χ0v) is 22.1. The lowest BCUT2D eigenvalue weighted by Gasteiger charge is -2.44. The van der Waals surface area contributed by atoms with Crippen molar-refractivity contribution >= 4 is 27.6 Å². The van der Waals surface area contributed by atoms with Gasteiger partial charge in [0.2, 0.25) is 0 Å². The van der Waals surface area contributed by atoms with E-state index in [1.165, 1.54) is 4.90 Å². The monoisotopic (exact) mass is 509 g/mol. The first kappa shape index (κ1) is 27.6. The summed E-state index contributed by atoms with van der Waals surface area (Å²) in [5, 5.41) is 7.20. The Hall–Kier alpha value is -3.41. The number of benzene rings is 2. The fourth-order valence-electron chi connectivity index (χ4n) is 4.71. The lowest BCUT2D eigenvalue weighted by molar-refractivity contribution is -0.137. The highest BCUT2D eigenvalue weighted by molar-refractivity contribution is 6.41. The van der Waals surface area contributed by atoms with Crippen LogP contribution in [0.25, 0.3) is 11.3 Å². The first-order valence-electron chi connectivity index (χ1n) is 13.2. The number of furan rings is 1. The van der Waals surface area contributed by atoms with E-state index in [0.717, 1.165) is 36.1 Å². The summed E-state index contributed by atoms with van der Waals surface area (Å²) in [6.45, 7) is 4.17. The molecular weight excluding hydrogens is 476 g/mol. The minimum Gasteiger partial charge on any atom is -0.493 e. The maximum atomic E-state index is 13.8. The molecule has 1 aliphatic rings. The second-order valence-corrected chi connectivity index (χ2v) is 10.2. The number of ether oxygens (including phenoxy) is 1. The predicted octanol–water partition coefficient (Wildman–Crippen LogP) is 5.85. The number of carbonyl (C=O) groups excluding carboxylic acids is 1. The van der Waals surface area contributed by atoms with Crippen LogP contribution in [0.5, 0.6) is 5.75 Å². The van der Waals surface area contributed by atoms with Crippen molar-refractivity contribution < 1.29 is 23.8 Å². The Morgan fingerprint density at radius 1 is 1.08 bits per heavy atom. The summed E-state index contributed by atoms with van der Waals surface area (Å²) in [4.78, 5) is 26.0. The number of hydrogen-bond acceptors (Lipinski definition) is 4. The first-order valence-corrected chi connectivity index (χ1v) is 13.2. The Labute approximate surface area is 227 Å². The van der Waals surface area contributed by atoms with Crippen LogP contribution < -0.4 is 4.74 Å². The van der Waals surface area contributed by atoms with E-state index in [9.17, 15) is 9.59 Å². The standard InChI is InChI=1S/C30H33B2NO5/c1-20(2)33(29(36)23-13-11-22(12-14-23)26-7-6-18-37-26)30(31,32)25-19-24(21-9-10-21)15-16-27(25)38-17-5-3-4-8-28(34)35/h6-7,11-16,18-21H,3-5,8-10,17H2,1-2H3,(H,34,35). The molecular formula is C30H33B2NO5. The third-order valence-corrected chi connectivity index (χ3v) is 6.85. The van der Waals surface area contributed by atoms with Gasteiger partial charge >= 0.3 is 5.97 Å². The molecule has 6 nitrogen and oxygen atoms in total. The molecule has 2 aromatic carbocycles. The van der Waals surface area contributed by atoms with Crippen molar-refractivity contribution in [1.29, 1.82) is 0 Å². The number of amides is 1. The van der Waals surface area contributed by atoms with Gasteiger partial charge in [-0.3, -0.25) is 9.59 Å². The maximum Gasteiger partial charge on any atom is 0.303 e. The molecule has 1 fully saturated rings. The zero-order valence-electron chi connectivity index (χ0n) is 22.1. The van der Waals surface area contributed by atoms with E-state index in [0.29, 0.717) is 42.2 Å². The SMILES string of the molecule is [B]C([B])(c1cc(C2CC2)ccc1OCCCCCC(=O)O)N(C(=O)c1ccc(-c2ccco2)cc1)C(C)C. The van der Waals surface area contributed by atoms with Gasteiger partial charge in [0.05, 0.1) is 28.6 Å². The summed E-state index contributed by atoms with van der Waals surface area (Å²) in [5.41, 5.74) is 3.02. The van der Waals surface area contributed by atoms with Gasteiger partial charge in [0.25, 0.3) is 5.91 Å². The van der Waals surface area contributed by atoms with Crippen molar-refractivity contribution in [2.75, 3.05) is 6.61 Å². The van der Waals surface area contributed by atoms with Crippen LogP contribution in [0.1, 0.15) is 79.8 Å². The van der Waals surface area contributed by atoms with E-state index in [4.69, 9.17) is 30.0 Å². The van der Waals surface area contributed by atoms with Crippen molar-refractivity contribution in [2.24, 2.45) is 0 Å². The molecule has 0 aliphatic heterocycles. The third-order valence-electron chi connectivity index (χ3n) is 6.85. The number of hydrogen-bond donors (Lipinski definition) is 1. The number of carboxylic acids is 1. The van der Waals surface area contributed by atoms with Gasteiger partial charge in [0.1, 0.15) is 11.5 Å². The molecule has 3 aromatic rings. The van der Waals surface area contributed by atoms with Gasteiger partial charge < -0.3 is 19.2 Å². The molecule has 0 spiro atoms. The van der Waals surface area contributed by atoms with Crippen LogP contribution in [0.2, 0.25) is 0 Å². The van der Waals surface area contributed by atoms with Crippen molar-refractivity contribution in [3.8, 4) is 17.1 Å². The van der Waals surface area contributed by atoms with Crippen molar-refractivity contribution in [1.82, 2.24) is 4.90 Å². The predicted molar refractivity (Wildman–Crippen MR) is 149 cm³/mol. The Bertz CT molecular complexity index is 1230. The van der Waals surface area contributed by atoms with Crippen LogP contribution in [0.15, 0.2) is 65.3 Å². The summed E-state index contributed by atoms with van der Waals surface area (Å²) < 4.78 is 11.6. The van der Waals surface area contributed by atoms with Gasteiger partial charge in [0, 0.05) is 29.2 Å². The highest BCUT2D eigenvalue weighted by atomic mass is 16.5. The van der Waals surface area contributed by atoms with Crippen LogP contribution in [-0.4, -0.2) is 50.2 Å². The number of carbonyl (C=O) groups is 2. The smallest absolute Gasteiger partial charge is 0.303 e. The molecule has 0 bridgehead atoms. The zero-order chi connectivity index (χ0) is 27.3. The van der Waals surface area contributed by atoms with Crippen LogP contribution in [0.3, 0.4) is 0 Å². The van der Waals surface area contributed by atoms with E-state index in [1.54, 1.807) is 18.4 Å². The summed E-state index contributed by atoms with van der Waals surface area (Å²) in [6.07, 6.45) is 6.01. The average Bonchev–Trinajstić information content (AvgIpc) is 3.59. The number of aliphatic carboxylic acids is 1. The number of nitrogens with zero attached hydrogens (tertiary/aromatic N) is 1. The van der Waals surface area contributed by atoms with Gasteiger partial charge in [-0.2, -0.15) is 0 Å². The lowest BCUT2D eigenvalue weighted by atomic mass is 9.56. The van der Waals surface area contributed by atoms with Crippen LogP contribution in [-0.2, 0) is 10.1 Å². The van der Waals surface area contributed by atoms with E-state index >= 15 is 0 Å². The van der Waals surface area contributed by atoms with Crippen LogP contribution in [0, 0.1) is 0 Å². The van der Waals surface area contributed by atoms with Gasteiger partial charge in [-0.25, -0.2) is 0 Å². The maximum absolute atomic E-state index is 13.8. The average molecular weight is 509 g/mol. The highest BCUT2D eigenvalue weighted by Crippen LogP contribution is 2.43. The molecule has 194 valence electrons. The van der Waals surface area contributed by atoms with E-state index in [2.05, 4.69) is 0 Å². The Morgan fingerprint density at radius 2 is 1.82 bits per heavy atom. The second kappa shape index (κ2) is 12.0. The van der Waals surface area contributed by atoms with E-state index in [1.807, 2.05) is 56.3 Å². The van der Waals surface area contributed by atoms with Gasteiger partial charge in [0.15, 0.2) is 0 Å². The Balaban J connectivity index is 1.58. The minimum absolute atomic E-state index is 0.143. The number of rotatable bonds is 13. The molecule has 0 unspecified atom stereocenters. The molecule has 0 saturated heterocycles. The molecule has 38 heavy (non-hydrogen) atoms. The largest absolute Gasteiger partial charge is 0.493 e. The van der Waals surface area contributed by atoms with Gasteiger partial charge in [-0.15, -0.1) is 0 Å². The topological polar surface area (TPSA) is 80.0 Å². The molecule has 8 heteroatoms. The Kier molecular flexibility index (Phi) is 8.70. The highest BCUT2D eigenvalue weighted by Gasteiger charge is 2.37. The van der Waals surface area contributed by atoms with Crippen molar-refractivity contribution in [3.63, 3.8) is 0 Å². The molecule has 1 aromatic heterocycles. The minimum atomic E-state index is -1.63. The van der Waals surface area contributed by atoms with Crippen molar-refractivity contribution in [2.45, 2.75) is 69.7 Å². The molecule has 1 aliphatic carbocycles. The molecule has 4 radical (unpaired) electrons. The third kappa shape index (κ3) is 6.53. The summed E-state index contributed by atoms with van der Waals surface area (Å²) in [7, 11) is 13.7. The summed E-state index contributed by atoms with van der Waals surface area (Å²) in [6, 6.07) is 16.5. The molecule has 4 rings (SSSR count). The van der Waals surface area contributed by atoms with E-state index in [-0.39, 0.29) is 18.4 Å². The summed E-state index contributed by atoms with van der Waals surface area (Å²) >= 11 is 0. The second-order valence-electron chi connectivity index (χ2n) is 10.2. The number of carboxylic acid groups (broad SMARTS) is 1. The Morgan fingerprint density at radius 3 is 2.42 bits per heavy atom. The quantitative estimate of drug-likeness (QED) is 0.231. The fourth-order valence-corrected chi connectivity index (χ4v) is 4.71. The molecule has 1 heterocycles. The molecule has 1 saturated carbocycles. The van der Waals surface area contributed by atoms with Crippen LogP contribution >= 0.6 is 0 Å². The first-order chi connectivity index (χ1) is 18.2. The van der Waals surface area contributed by atoms with Crippen LogP contribution in [0.4, 0.5) is 0 Å². The molecule has 1 amide bonds. The fraction of sp³-hybridized carbons (Fsp3) is 0.400. The van der Waals surface area contributed by atoms with Crippen molar-refractivity contribution in [3.05, 3.63) is 77.6 Å². The number of unbranched alkanes of at least 4 members (excludes halogenated alkanes) is 2. The summed E-state index contributed by atoms with van der Waals surface area (Å²) in [5.74, 6) is 0.635. The normalized spacial score (nSPS) is 13.4. The molecule has 0 atom stereocenters. The molecule has 1 N–H and O–H groups in total.